The van der Waals surface area contributed by atoms with Crippen molar-refractivity contribution in [1.82, 2.24) is 0 Å². The average Bonchev–Trinajstić information content (AvgIpc) is 3.31. The van der Waals surface area contributed by atoms with E-state index in [4.69, 9.17) is 4.74 Å². The highest BCUT2D eigenvalue weighted by Crippen LogP contribution is 2.18. The topological polar surface area (TPSA) is 42.2 Å². The summed E-state index contributed by atoms with van der Waals surface area (Å²) in [6.07, 6.45) is 18.2. The molecule has 0 bridgehead atoms. The molecule has 0 aliphatic carbocycles. The van der Waals surface area contributed by atoms with E-state index in [0.29, 0.717) is 5.56 Å². The second-order valence-electron chi connectivity index (χ2n) is 9.97. The SMILES string of the molecule is CCCCCCCCCCCCCCOc1ccc(NC(=O)c2cccc(C[n+]3ccsc3C)c2)cc1.[Br-]. The van der Waals surface area contributed by atoms with Crippen molar-refractivity contribution in [3.63, 3.8) is 0 Å². The number of carbonyl (C=O) groups excluding carboxylic acids is 1. The van der Waals surface area contributed by atoms with Crippen LogP contribution in [0.3, 0.4) is 0 Å². The van der Waals surface area contributed by atoms with Gasteiger partial charge < -0.3 is 27.0 Å². The quantitative estimate of drug-likeness (QED) is 0.150. The van der Waals surface area contributed by atoms with Gasteiger partial charge >= 0.3 is 0 Å². The fourth-order valence-electron chi connectivity index (χ4n) is 4.52. The number of hydrogen-bond acceptors (Lipinski definition) is 3. The van der Waals surface area contributed by atoms with Gasteiger partial charge in [0, 0.05) is 23.7 Å². The van der Waals surface area contributed by atoms with Crippen LogP contribution in [0.1, 0.15) is 105 Å². The van der Waals surface area contributed by atoms with E-state index in [1.165, 1.54) is 75.6 Å². The number of ether oxygens (including phenoxy) is 1. The van der Waals surface area contributed by atoms with Crippen LogP contribution >= 0.6 is 11.3 Å². The maximum Gasteiger partial charge on any atom is 0.255 e. The van der Waals surface area contributed by atoms with Crippen molar-refractivity contribution in [3.8, 4) is 5.75 Å². The van der Waals surface area contributed by atoms with Gasteiger partial charge in [-0.15, -0.1) is 0 Å². The molecule has 38 heavy (non-hydrogen) atoms. The monoisotopic (exact) mass is 600 g/mol. The van der Waals surface area contributed by atoms with Gasteiger partial charge in [-0.05, 0) is 42.8 Å². The summed E-state index contributed by atoms with van der Waals surface area (Å²) >= 11 is 1.72. The number of aryl methyl sites for hydroxylation is 1. The second-order valence-corrected chi connectivity index (χ2v) is 11.1. The third-order valence-corrected chi connectivity index (χ3v) is 7.64. The lowest BCUT2D eigenvalue weighted by atomic mass is 10.1. The minimum atomic E-state index is -0.0981. The summed E-state index contributed by atoms with van der Waals surface area (Å²) in [5, 5.41) is 6.33. The third-order valence-electron chi connectivity index (χ3n) is 6.80. The summed E-state index contributed by atoms with van der Waals surface area (Å²) in [7, 11) is 0. The Bertz CT molecular complexity index is 1050. The molecule has 0 atom stereocenters. The number of anilines is 1. The van der Waals surface area contributed by atoms with Gasteiger partial charge in [-0.25, -0.2) is 0 Å². The van der Waals surface area contributed by atoms with Crippen LogP contribution in [-0.4, -0.2) is 12.5 Å². The Morgan fingerprint density at radius 3 is 2.11 bits per heavy atom. The van der Waals surface area contributed by atoms with Gasteiger partial charge in [0.05, 0.1) is 12.0 Å². The van der Waals surface area contributed by atoms with Crippen molar-refractivity contribution < 1.29 is 31.1 Å². The highest BCUT2D eigenvalue weighted by molar-refractivity contribution is 7.09. The Hall–Kier alpha value is -2.18. The van der Waals surface area contributed by atoms with E-state index in [9.17, 15) is 4.79 Å². The molecule has 0 aliphatic heterocycles. The number of nitrogens with zero attached hydrogens (tertiary/aromatic N) is 1. The van der Waals surface area contributed by atoms with Crippen molar-refractivity contribution in [2.75, 3.05) is 11.9 Å². The smallest absolute Gasteiger partial charge is 0.255 e. The van der Waals surface area contributed by atoms with E-state index in [0.717, 1.165) is 36.6 Å². The Labute approximate surface area is 244 Å². The number of aromatic nitrogens is 1. The molecule has 1 aromatic heterocycles. The molecule has 3 aromatic rings. The lowest BCUT2D eigenvalue weighted by molar-refractivity contribution is -0.689. The zero-order valence-corrected chi connectivity index (χ0v) is 25.6. The van der Waals surface area contributed by atoms with E-state index >= 15 is 0 Å². The molecule has 1 amide bonds. The van der Waals surface area contributed by atoms with Crippen molar-refractivity contribution in [2.45, 2.75) is 97.4 Å². The predicted molar refractivity (Wildman–Crippen MR) is 156 cm³/mol. The number of unbranched alkanes of at least 4 members (excludes halogenated alkanes) is 11. The van der Waals surface area contributed by atoms with Crippen molar-refractivity contribution in [3.05, 3.63) is 76.2 Å². The maximum absolute atomic E-state index is 12.8. The van der Waals surface area contributed by atoms with Crippen LogP contribution in [0.4, 0.5) is 5.69 Å². The first-order valence-corrected chi connectivity index (χ1v) is 15.1. The van der Waals surface area contributed by atoms with Crippen molar-refractivity contribution in [2.24, 2.45) is 0 Å². The van der Waals surface area contributed by atoms with Gasteiger partial charge in [0.2, 0.25) is 5.01 Å². The Kier molecular flexibility index (Phi) is 16.0. The van der Waals surface area contributed by atoms with E-state index in [2.05, 4.69) is 41.4 Å². The standard InChI is InChI=1S/C32H44N2O2S.BrH/c1-3-4-5-6-7-8-9-10-11-12-13-14-23-36-31-20-18-30(19-21-31)33-32(35)29-17-15-16-28(25-29)26-34-22-24-37-27(34)2;/h15-22,24-25H,3-14,23,26H2,1-2H3;1H. The molecular weight excluding hydrogens is 556 g/mol. The van der Waals surface area contributed by atoms with Gasteiger partial charge in [-0.3, -0.25) is 4.79 Å². The predicted octanol–water partition coefficient (Wildman–Crippen LogP) is 5.73. The molecule has 1 heterocycles. The molecule has 0 saturated carbocycles. The van der Waals surface area contributed by atoms with Crippen LogP contribution in [0.15, 0.2) is 60.1 Å². The van der Waals surface area contributed by atoms with Crippen LogP contribution in [0.5, 0.6) is 5.75 Å². The molecular formula is C32H45BrN2O2S. The molecule has 0 fully saturated rings. The fourth-order valence-corrected chi connectivity index (χ4v) is 5.18. The molecule has 208 valence electrons. The first kappa shape index (κ1) is 32.0. The van der Waals surface area contributed by atoms with Crippen molar-refractivity contribution in [1.29, 1.82) is 0 Å². The zero-order valence-electron chi connectivity index (χ0n) is 23.2. The number of nitrogens with one attached hydrogen (secondary N) is 1. The highest BCUT2D eigenvalue weighted by Gasteiger charge is 2.11. The third kappa shape index (κ3) is 12.1. The summed E-state index contributed by atoms with van der Waals surface area (Å²) in [4.78, 5) is 12.8. The lowest BCUT2D eigenvalue weighted by Gasteiger charge is -2.09. The molecule has 0 aliphatic rings. The number of benzene rings is 2. The Balaban J connectivity index is 0.00000507. The average molecular weight is 602 g/mol. The Morgan fingerprint density at radius 2 is 1.50 bits per heavy atom. The first-order chi connectivity index (χ1) is 18.2. The first-order valence-electron chi connectivity index (χ1n) is 14.2. The van der Waals surface area contributed by atoms with E-state index < -0.39 is 0 Å². The molecule has 0 spiro atoms. The molecule has 6 heteroatoms. The van der Waals surface area contributed by atoms with Gasteiger partial charge in [-0.1, -0.05) is 101 Å². The minimum Gasteiger partial charge on any atom is -1.00 e. The molecule has 1 N–H and O–H groups in total. The van der Waals surface area contributed by atoms with Gasteiger partial charge in [0.1, 0.15) is 5.75 Å². The molecule has 0 saturated heterocycles. The van der Waals surface area contributed by atoms with Crippen molar-refractivity contribution >= 4 is 22.9 Å². The summed E-state index contributed by atoms with van der Waals surface area (Å²) in [6.45, 7) is 5.89. The number of hydrogen-bond donors (Lipinski definition) is 1. The number of rotatable bonds is 18. The number of carbonyl (C=O) groups is 1. The maximum atomic E-state index is 12.8. The molecule has 3 rings (SSSR count). The normalized spacial score (nSPS) is 10.7. The largest absolute Gasteiger partial charge is 1.00 e. The summed E-state index contributed by atoms with van der Waals surface area (Å²) in [5.41, 5.74) is 2.55. The van der Waals surface area contributed by atoms with Gasteiger partial charge in [0.25, 0.3) is 5.91 Å². The van der Waals surface area contributed by atoms with Gasteiger partial charge in [-0.2, -0.15) is 4.57 Å². The summed E-state index contributed by atoms with van der Waals surface area (Å²) in [5.74, 6) is 0.755. The molecule has 4 nitrogen and oxygen atoms in total. The summed E-state index contributed by atoms with van der Waals surface area (Å²) in [6, 6.07) is 15.5. The minimum absolute atomic E-state index is 0. The van der Waals surface area contributed by atoms with E-state index in [-0.39, 0.29) is 22.9 Å². The number of thiazole rings is 1. The Morgan fingerprint density at radius 1 is 0.868 bits per heavy atom. The number of amides is 1. The van der Waals surface area contributed by atoms with Gasteiger partial charge in [0.15, 0.2) is 12.7 Å². The molecule has 0 unspecified atom stereocenters. The van der Waals surface area contributed by atoms with Crippen LogP contribution in [0.2, 0.25) is 0 Å². The summed E-state index contributed by atoms with van der Waals surface area (Å²) < 4.78 is 8.10. The van der Waals surface area contributed by atoms with Crippen LogP contribution in [0.25, 0.3) is 0 Å². The highest BCUT2D eigenvalue weighted by atomic mass is 79.9. The molecule has 0 radical (unpaired) electrons. The van der Waals surface area contributed by atoms with Crippen LogP contribution < -0.4 is 31.6 Å². The fraction of sp³-hybridized carbons (Fsp3) is 0.500. The lowest BCUT2D eigenvalue weighted by Crippen LogP contribution is -3.00. The number of halogens is 1. The van der Waals surface area contributed by atoms with Crippen LogP contribution in [0, 0.1) is 6.92 Å². The van der Waals surface area contributed by atoms with Crippen LogP contribution in [-0.2, 0) is 6.54 Å². The van der Waals surface area contributed by atoms with E-state index in [1.807, 2.05) is 42.5 Å². The second kappa shape index (κ2) is 19.0. The zero-order chi connectivity index (χ0) is 26.1. The van der Waals surface area contributed by atoms with E-state index in [1.54, 1.807) is 11.3 Å². The molecule has 2 aromatic carbocycles.